The number of hydrogen-bond acceptors (Lipinski definition) is 8. The van der Waals surface area contributed by atoms with E-state index in [-0.39, 0.29) is 18.7 Å². The van der Waals surface area contributed by atoms with Gasteiger partial charge in [0, 0.05) is 24.5 Å². The van der Waals surface area contributed by atoms with Gasteiger partial charge in [-0.3, -0.25) is 0 Å². The van der Waals surface area contributed by atoms with E-state index in [1.54, 1.807) is 36.4 Å². The topological polar surface area (TPSA) is 97.4 Å². The van der Waals surface area contributed by atoms with Gasteiger partial charge in [0.2, 0.25) is 0 Å². The molecule has 1 aliphatic rings. The number of carbonyl (C=O) groups excluding carboxylic acids is 3. The summed E-state index contributed by atoms with van der Waals surface area (Å²) in [7, 11) is 0. The lowest BCUT2D eigenvalue weighted by Gasteiger charge is -2.09. The molecular weight excluding hydrogens is 596 g/mol. The fourth-order valence-corrected chi connectivity index (χ4v) is 5.14. The third-order valence-electron chi connectivity index (χ3n) is 7.79. The van der Waals surface area contributed by atoms with Gasteiger partial charge in [-0.25, -0.2) is 14.4 Å². The van der Waals surface area contributed by atoms with E-state index in [2.05, 4.69) is 13.2 Å². The van der Waals surface area contributed by atoms with Crippen LogP contribution in [0.25, 0.3) is 11.1 Å². The van der Waals surface area contributed by atoms with Gasteiger partial charge in [0.05, 0.1) is 25.4 Å². The Hall–Kier alpha value is -4.85. The van der Waals surface area contributed by atoms with Crippen molar-refractivity contribution in [1.82, 2.24) is 0 Å². The summed E-state index contributed by atoms with van der Waals surface area (Å²) in [5.74, 6) is 0.810. The Morgan fingerprint density at radius 1 is 0.702 bits per heavy atom. The minimum Gasteiger partial charge on any atom is -0.494 e. The van der Waals surface area contributed by atoms with Crippen LogP contribution >= 0.6 is 0 Å². The lowest BCUT2D eigenvalue weighted by Crippen LogP contribution is -2.08. The molecule has 0 radical (unpaired) electrons. The minimum absolute atomic E-state index is 0.0320. The maximum absolute atomic E-state index is 12.7. The van der Waals surface area contributed by atoms with Crippen molar-refractivity contribution in [3.63, 3.8) is 0 Å². The third-order valence-corrected chi connectivity index (χ3v) is 7.79. The molecule has 0 saturated carbocycles. The predicted octanol–water partition coefficient (Wildman–Crippen LogP) is 8.44. The fraction of sp³-hybridized carbons (Fsp3) is 0.359. The standard InChI is InChI=1S/C39H44O8/c1-3-37(40)45-27-11-26-44-33-19-13-30(14-20-33)31-15-23-35(24-16-31)46-39(42)32-17-21-34(22-18-32)43-25-10-8-6-4-5-7-9-12-36-28-29(2)38(41)47-36/h3,13-24,36H,1-2,4-12,25-28H2. The van der Waals surface area contributed by atoms with Crippen molar-refractivity contribution in [2.75, 3.05) is 19.8 Å². The molecule has 1 aliphatic heterocycles. The lowest BCUT2D eigenvalue weighted by molar-refractivity contribution is -0.139. The van der Waals surface area contributed by atoms with Gasteiger partial charge < -0.3 is 23.7 Å². The highest BCUT2D eigenvalue weighted by Gasteiger charge is 2.26. The van der Waals surface area contributed by atoms with Crippen LogP contribution in [-0.4, -0.2) is 43.8 Å². The number of benzene rings is 3. The second-order valence-corrected chi connectivity index (χ2v) is 11.5. The van der Waals surface area contributed by atoms with E-state index in [0.29, 0.717) is 42.9 Å². The SMILES string of the molecule is C=CC(=O)OCCCOc1ccc(-c2ccc(OC(=O)c3ccc(OCCCCCCCCCC4CC(=C)C(=O)O4)cc3)cc2)cc1. The first-order valence-corrected chi connectivity index (χ1v) is 16.4. The van der Waals surface area contributed by atoms with Crippen LogP contribution in [0, 0.1) is 0 Å². The van der Waals surface area contributed by atoms with E-state index < -0.39 is 11.9 Å². The molecule has 0 aromatic heterocycles. The smallest absolute Gasteiger partial charge is 0.343 e. The van der Waals surface area contributed by atoms with Crippen LogP contribution in [0.2, 0.25) is 0 Å². The van der Waals surface area contributed by atoms with Gasteiger partial charge in [-0.2, -0.15) is 0 Å². The van der Waals surface area contributed by atoms with Gasteiger partial charge >= 0.3 is 17.9 Å². The molecule has 8 heteroatoms. The molecule has 0 bridgehead atoms. The Kier molecular flexibility index (Phi) is 14.1. The first kappa shape index (κ1) is 35.0. The number of hydrogen-bond donors (Lipinski definition) is 0. The molecule has 4 rings (SSSR count). The van der Waals surface area contributed by atoms with E-state index in [1.807, 2.05) is 36.4 Å². The number of rotatable bonds is 20. The Morgan fingerprint density at radius 2 is 1.23 bits per heavy atom. The molecule has 1 heterocycles. The highest BCUT2D eigenvalue weighted by Crippen LogP contribution is 2.26. The lowest BCUT2D eigenvalue weighted by atomic mass is 10.0. The van der Waals surface area contributed by atoms with Gasteiger partial charge in [0.25, 0.3) is 0 Å². The molecule has 1 fully saturated rings. The second-order valence-electron chi connectivity index (χ2n) is 11.5. The quantitative estimate of drug-likeness (QED) is 0.0525. The molecular formula is C39H44O8. The summed E-state index contributed by atoms with van der Waals surface area (Å²) in [5, 5.41) is 0. The van der Waals surface area contributed by atoms with Crippen molar-refractivity contribution in [2.24, 2.45) is 0 Å². The first-order chi connectivity index (χ1) is 22.9. The average Bonchev–Trinajstić information content (AvgIpc) is 3.42. The predicted molar refractivity (Wildman–Crippen MR) is 181 cm³/mol. The largest absolute Gasteiger partial charge is 0.494 e. The van der Waals surface area contributed by atoms with Crippen molar-refractivity contribution in [1.29, 1.82) is 0 Å². The molecule has 0 N–H and O–H groups in total. The summed E-state index contributed by atoms with van der Waals surface area (Å²) in [5.41, 5.74) is 3.03. The van der Waals surface area contributed by atoms with Crippen LogP contribution in [0.5, 0.6) is 17.2 Å². The molecule has 0 spiro atoms. The second kappa shape index (κ2) is 19.0. The van der Waals surface area contributed by atoms with Gasteiger partial charge in [-0.05, 0) is 78.9 Å². The van der Waals surface area contributed by atoms with E-state index in [1.165, 1.54) is 19.3 Å². The molecule has 8 nitrogen and oxygen atoms in total. The van der Waals surface area contributed by atoms with Crippen LogP contribution in [0.4, 0.5) is 0 Å². The molecule has 1 saturated heterocycles. The summed E-state index contributed by atoms with van der Waals surface area (Å²) in [4.78, 5) is 35.1. The van der Waals surface area contributed by atoms with Gasteiger partial charge in [0.15, 0.2) is 0 Å². The van der Waals surface area contributed by atoms with E-state index in [4.69, 9.17) is 23.7 Å². The van der Waals surface area contributed by atoms with Crippen molar-refractivity contribution >= 4 is 17.9 Å². The summed E-state index contributed by atoms with van der Waals surface area (Å²) >= 11 is 0. The molecule has 248 valence electrons. The molecule has 1 atom stereocenters. The number of ether oxygens (including phenoxy) is 5. The zero-order valence-electron chi connectivity index (χ0n) is 27.0. The number of esters is 3. The zero-order chi connectivity index (χ0) is 33.3. The summed E-state index contributed by atoms with van der Waals surface area (Å²) < 4.78 is 27.3. The molecule has 0 amide bonds. The van der Waals surface area contributed by atoms with Gasteiger partial charge in [-0.1, -0.05) is 69.5 Å². The molecule has 3 aromatic rings. The Labute approximate surface area is 277 Å². The van der Waals surface area contributed by atoms with E-state index >= 15 is 0 Å². The zero-order valence-corrected chi connectivity index (χ0v) is 27.0. The Bertz CT molecular complexity index is 1440. The normalized spacial score (nSPS) is 13.9. The van der Waals surface area contributed by atoms with Gasteiger partial charge in [0.1, 0.15) is 23.4 Å². The van der Waals surface area contributed by atoms with Crippen molar-refractivity contribution < 1.29 is 38.1 Å². The van der Waals surface area contributed by atoms with Crippen molar-refractivity contribution in [3.05, 3.63) is 103 Å². The maximum atomic E-state index is 12.7. The highest BCUT2D eigenvalue weighted by atomic mass is 16.6. The van der Waals surface area contributed by atoms with Crippen LogP contribution < -0.4 is 14.2 Å². The van der Waals surface area contributed by atoms with Gasteiger partial charge in [-0.15, -0.1) is 0 Å². The number of cyclic esters (lactones) is 1. The van der Waals surface area contributed by atoms with Crippen LogP contribution in [-0.2, 0) is 19.1 Å². The highest BCUT2D eigenvalue weighted by molar-refractivity contribution is 5.91. The molecule has 3 aromatic carbocycles. The summed E-state index contributed by atoms with van der Waals surface area (Å²) in [6.07, 6.45) is 11.2. The maximum Gasteiger partial charge on any atom is 0.343 e. The van der Waals surface area contributed by atoms with Crippen LogP contribution in [0.15, 0.2) is 97.6 Å². The Balaban J connectivity index is 1.07. The molecule has 1 unspecified atom stereocenters. The van der Waals surface area contributed by atoms with Crippen molar-refractivity contribution in [2.45, 2.75) is 70.3 Å². The first-order valence-electron chi connectivity index (χ1n) is 16.4. The average molecular weight is 641 g/mol. The number of unbranched alkanes of at least 4 members (excludes halogenated alkanes) is 6. The van der Waals surface area contributed by atoms with Crippen LogP contribution in [0.3, 0.4) is 0 Å². The van der Waals surface area contributed by atoms with E-state index in [0.717, 1.165) is 60.8 Å². The monoisotopic (exact) mass is 640 g/mol. The summed E-state index contributed by atoms with van der Waals surface area (Å²) in [6.45, 7) is 8.45. The summed E-state index contributed by atoms with van der Waals surface area (Å²) in [6, 6.07) is 22.0. The number of carbonyl (C=O) groups is 3. The minimum atomic E-state index is -0.438. The van der Waals surface area contributed by atoms with Crippen LogP contribution in [0.1, 0.15) is 74.6 Å². The van der Waals surface area contributed by atoms with E-state index in [9.17, 15) is 14.4 Å². The van der Waals surface area contributed by atoms with Crippen molar-refractivity contribution in [3.8, 4) is 28.4 Å². The third kappa shape index (κ3) is 12.1. The fourth-order valence-electron chi connectivity index (χ4n) is 5.14. The Morgan fingerprint density at radius 3 is 1.81 bits per heavy atom. The molecule has 0 aliphatic carbocycles. The molecule has 47 heavy (non-hydrogen) atoms.